The highest BCUT2D eigenvalue weighted by Gasteiger charge is 2.08. The normalized spacial score (nSPS) is 10.1. The third kappa shape index (κ3) is 5.14. The van der Waals surface area contributed by atoms with Gasteiger partial charge in [-0.05, 0) is 53.5 Å². The fourth-order valence-corrected chi connectivity index (χ4v) is 2.94. The number of thiocarbonyl (C=S) groups is 1. The summed E-state index contributed by atoms with van der Waals surface area (Å²) in [5.74, 6) is 0.554. The summed E-state index contributed by atoms with van der Waals surface area (Å²) in [5, 5.41) is 7.74. The lowest BCUT2D eigenvalue weighted by molar-refractivity contribution is 0.0981. The van der Waals surface area contributed by atoms with Crippen LogP contribution in [0.2, 0.25) is 0 Å². The minimum atomic E-state index is -0.213. The summed E-state index contributed by atoms with van der Waals surface area (Å²) in [7, 11) is 0. The van der Waals surface area contributed by atoms with Crippen LogP contribution in [0.15, 0.2) is 72.1 Å². The van der Waals surface area contributed by atoms with Gasteiger partial charge in [0.05, 0.1) is 4.88 Å². The second-order valence-corrected chi connectivity index (χ2v) is 6.54. The third-order valence-electron chi connectivity index (χ3n) is 3.33. The highest BCUT2D eigenvalue weighted by atomic mass is 32.1. The number of thiophene rings is 1. The van der Waals surface area contributed by atoms with E-state index in [1.165, 1.54) is 11.3 Å². The van der Waals surface area contributed by atoms with Crippen molar-refractivity contribution < 1.29 is 9.53 Å². The van der Waals surface area contributed by atoms with Gasteiger partial charge in [-0.25, -0.2) is 0 Å². The Morgan fingerprint density at radius 2 is 1.76 bits per heavy atom. The van der Waals surface area contributed by atoms with Crippen LogP contribution < -0.4 is 15.4 Å². The van der Waals surface area contributed by atoms with Crippen LogP contribution in [0.5, 0.6) is 5.75 Å². The average Bonchev–Trinajstić information content (AvgIpc) is 3.17. The zero-order valence-electron chi connectivity index (χ0n) is 13.3. The van der Waals surface area contributed by atoms with Gasteiger partial charge in [0.1, 0.15) is 12.4 Å². The number of carbonyl (C=O) groups excluding carboxylic acids is 1. The van der Waals surface area contributed by atoms with Crippen LogP contribution in [0.4, 0.5) is 5.69 Å². The first-order valence-corrected chi connectivity index (χ1v) is 8.92. The molecule has 1 aromatic heterocycles. The summed E-state index contributed by atoms with van der Waals surface area (Å²) >= 11 is 6.53. The first-order valence-electron chi connectivity index (χ1n) is 7.63. The van der Waals surface area contributed by atoms with Crippen LogP contribution in [-0.2, 0) is 6.61 Å². The molecule has 4 nitrogen and oxygen atoms in total. The number of hydrogen-bond acceptors (Lipinski definition) is 4. The lowest BCUT2D eigenvalue weighted by atomic mass is 10.2. The maximum absolute atomic E-state index is 11.9. The molecule has 126 valence electrons. The van der Waals surface area contributed by atoms with E-state index in [-0.39, 0.29) is 11.0 Å². The Kier molecular flexibility index (Phi) is 5.77. The molecule has 0 spiro atoms. The topological polar surface area (TPSA) is 50.4 Å². The van der Waals surface area contributed by atoms with Crippen molar-refractivity contribution in [3.05, 3.63) is 82.6 Å². The molecule has 0 atom stereocenters. The predicted octanol–water partition coefficient (Wildman–Crippen LogP) is 4.45. The Morgan fingerprint density at radius 3 is 2.44 bits per heavy atom. The Balaban J connectivity index is 1.50. The largest absolute Gasteiger partial charge is 0.489 e. The summed E-state index contributed by atoms with van der Waals surface area (Å²) in [6.07, 6.45) is 0. The van der Waals surface area contributed by atoms with E-state index < -0.39 is 0 Å². The monoisotopic (exact) mass is 368 g/mol. The Morgan fingerprint density at radius 1 is 1.00 bits per heavy atom. The molecule has 0 radical (unpaired) electrons. The maximum Gasteiger partial charge on any atom is 0.267 e. The van der Waals surface area contributed by atoms with Gasteiger partial charge in [-0.1, -0.05) is 36.4 Å². The lowest BCUT2D eigenvalue weighted by Gasteiger charge is -2.10. The molecule has 0 saturated carbocycles. The van der Waals surface area contributed by atoms with Crippen LogP contribution in [0.1, 0.15) is 15.2 Å². The number of carbonyl (C=O) groups is 1. The first kappa shape index (κ1) is 17.1. The summed E-state index contributed by atoms with van der Waals surface area (Å²) in [4.78, 5) is 12.6. The number of hydrogen-bond donors (Lipinski definition) is 2. The van der Waals surface area contributed by atoms with E-state index in [1.54, 1.807) is 6.07 Å². The molecule has 0 fully saturated rings. The van der Waals surface area contributed by atoms with E-state index in [4.69, 9.17) is 17.0 Å². The lowest BCUT2D eigenvalue weighted by Crippen LogP contribution is -2.33. The molecule has 1 heterocycles. The van der Waals surface area contributed by atoms with Crippen molar-refractivity contribution in [1.82, 2.24) is 5.32 Å². The van der Waals surface area contributed by atoms with Gasteiger partial charge in [0.2, 0.25) is 0 Å². The number of ether oxygens (including phenoxy) is 1. The fourth-order valence-electron chi connectivity index (χ4n) is 2.11. The van der Waals surface area contributed by atoms with E-state index in [0.717, 1.165) is 17.0 Å². The van der Waals surface area contributed by atoms with Gasteiger partial charge in [0.25, 0.3) is 5.91 Å². The van der Waals surface area contributed by atoms with Gasteiger partial charge < -0.3 is 10.1 Å². The van der Waals surface area contributed by atoms with Gasteiger partial charge in [0.15, 0.2) is 5.11 Å². The van der Waals surface area contributed by atoms with Gasteiger partial charge in [-0.15, -0.1) is 11.3 Å². The van der Waals surface area contributed by atoms with Crippen molar-refractivity contribution in [2.75, 3.05) is 5.32 Å². The van der Waals surface area contributed by atoms with Gasteiger partial charge in [0, 0.05) is 5.69 Å². The van der Waals surface area contributed by atoms with Gasteiger partial charge >= 0.3 is 0 Å². The van der Waals surface area contributed by atoms with Gasteiger partial charge in [-0.2, -0.15) is 0 Å². The van der Waals surface area contributed by atoms with E-state index >= 15 is 0 Å². The first-order chi connectivity index (χ1) is 12.2. The molecule has 0 saturated heterocycles. The van der Waals surface area contributed by atoms with Crippen molar-refractivity contribution in [3.63, 3.8) is 0 Å². The minimum Gasteiger partial charge on any atom is -0.489 e. The van der Waals surface area contributed by atoms with E-state index in [9.17, 15) is 4.79 Å². The molecule has 6 heteroatoms. The number of anilines is 1. The SMILES string of the molecule is O=C(NC(=S)Nc1ccc(OCc2ccccc2)cc1)c1cccs1. The molecule has 2 aromatic carbocycles. The van der Waals surface area contributed by atoms with Crippen molar-refractivity contribution in [1.29, 1.82) is 0 Å². The molecule has 1 amide bonds. The van der Waals surface area contributed by atoms with Crippen LogP contribution >= 0.6 is 23.6 Å². The highest BCUT2D eigenvalue weighted by molar-refractivity contribution is 7.80. The van der Waals surface area contributed by atoms with E-state index in [2.05, 4.69) is 10.6 Å². The fraction of sp³-hybridized carbons (Fsp3) is 0.0526. The molecule has 0 aliphatic rings. The summed E-state index contributed by atoms with van der Waals surface area (Å²) in [6, 6.07) is 21.0. The molecule has 0 bridgehead atoms. The van der Waals surface area contributed by atoms with Gasteiger partial charge in [-0.3, -0.25) is 10.1 Å². The van der Waals surface area contributed by atoms with Crippen LogP contribution in [-0.4, -0.2) is 11.0 Å². The number of rotatable bonds is 5. The summed E-state index contributed by atoms with van der Waals surface area (Å²) in [5.41, 5.74) is 1.89. The summed E-state index contributed by atoms with van der Waals surface area (Å²) in [6.45, 7) is 0.517. The smallest absolute Gasteiger partial charge is 0.267 e. The Labute approximate surface area is 155 Å². The number of amides is 1. The molecule has 0 unspecified atom stereocenters. The predicted molar refractivity (Wildman–Crippen MR) is 105 cm³/mol. The highest BCUT2D eigenvalue weighted by Crippen LogP contribution is 2.17. The van der Waals surface area contributed by atoms with Crippen molar-refractivity contribution in [3.8, 4) is 5.75 Å². The minimum absolute atomic E-state index is 0.213. The van der Waals surface area contributed by atoms with Crippen molar-refractivity contribution in [2.45, 2.75) is 6.61 Å². The number of benzene rings is 2. The standard InChI is InChI=1S/C19H16N2O2S2/c22-18(17-7-4-12-25-17)21-19(24)20-15-8-10-16(11-9-15)23-13-14-5-2-1-3-6-14/h1-12H,13H2,(H2,20,21,22,24). The Hall–Kier alpha value is -2.70. The second-order valence-electron chi connectivity index (χ2n) is 5.18. The molecule has 2 N–H and O–H groups in total. The van der Waals surface area contributed by atoms with E-state index in [0.29, 0.717) is 11.5 Å². The molecule has 0 aliphatic heterocycles. The maximum atomic E-state index is 11.9. The molecule has 0 aliphatic carbocycles. The third-order valence-corrected chi connectivity index (χ3v) is 4.41. The van der Waals surface area contributed by atoms with Crippen molar-refractivity contribution >= 4 is 40.3 Å². The molecule has 3 rings (SSSR count). The molecular formula is C19H16N2O2S2. The average molecular weight is 368 g/mol. The van der Waals surface area contributed by atoms with Crippen LogP contribution in [0.3, 0.4) is 0 Å². The number of nitrogens with one attached hydrogen (secondary N) is 2. The van der Waals surface area contributed by atoms with Crippen molar-refractivity contribution in [2.24, 2.45) is 0 Å². The zero-order chi connectivity index (χ0) is 17.5. The summed E-state index contributed by atoms with van der Waals surface area (Å²) < 4.78 is 5.74. The zero-order valence-corrected chi connectivity index (χ0v) is 14.9. The quantitative estimate of drug-likeness (QED) is 0.653. The molecular weight excluding hydrogens is 352 g/mol. The Bertz CT molecular complexity index is 832. The molecule has 3 aromatic rings. The van der Waals surface area contributed by atoms with Crippen LogP contribution in [0, 0.1) is 0 Å². The van der Waals surface area contributed by atoms with Crippen LogP contribution in [0.25, 0.3) is 0 Å². The molecule has 25 heavy (non-hydrogen) atoms. The second kappa shape index (κ2) is 8.41. The van der Waals surface area contributed by atoms with E-state index in [1.807, 2.05) is 66.0 Å².